The molecule has 3 nitrogen and oxygen atoms in total. The highest BCUT2D eigenvalue weighted by Crippen LogP contribution is 2.32. The van der Waals surface area contributed by atoms with Crippen molar-refractivity contribution in [3.8, 4) is 0 Å². The highest BCUT2D eigenvalue weighted by Gasteiger charge is 2.21. The van der Waals surface area contributed by atoms with E-state index in [1.54, 1.807) is 0 Å². The standard InChI is InChI=1S/C25H23NO2/c1-28-25(27)23-15-21-13-8-14-22(21)16-24(23)26(17-19-9-4-2-5-10-19)18-20-11-6-3-7-12-20/h2-12,14-16H,13,17-18H2,1H3. The van der Waals surface area contributed by atoms with Gasteiger partial charge in [-0.15, -0.1) is 0 Å². The van der Waals surface area contributed by atoms with Gasteiger partial charge >= 0.3 is 5.97 Å². The molecule has 0 heterocycles. The Bertz CT molecular complexity index is 952. The van der Waals surface area contributed by atoms with E-state index in [4.69, 9.17) is 4.74 Å². The third kappa shape index (κ3) is 3.84. The second-order valence-corrected chi connectivity index (χ2v) is 6.99. The van der Waals surface area contributed by atoms with E-state index in [1.165, 1.54) is 29.4 Å². The Balaban J connectivity index is 1.78. The molecular weight excluding hydrogens is 346 g/mol. The first-order valence-corrected chi connectivity index (χ1v) is 9.49. The van der Waals surface area contributed by atoms with Crippen LogP contribution in [0.25, 0.3) is 6.08 Å². The molecule has 0 spiro atoms. The smallest absolute Gasteiger partial charge is 0.339 e. The normalized spacial score (nSPS) is 11.9. The molecule has 0 atom stereocenters. The molecule has 1 aliphatic rings. The minimum Gasteiger partial charge on any atom is -0.465 e. The first kappa shape index (κ1) is 18.1. The molecule has 0 fully saturated rings. The predicted octanol–water partition coefficient (Wildman–Crippen LogP) is 5.25. The Morgan fingerprint density at radius 2 is 1.54 bits per heavy atom. The van der Waals surface area contributed by atoms with Crippen LogP contribution in [0.2, 0.25) is 0 Å². The van der Waals surface area contributed by atoms with Crippen LogP contribution in [0.4, 0.5) is 5.69 Å². The molecule has 3 heteroatoms. The number of anilines is 1. The van der Waals surface area contributed by atoms with E-state index in [-0.39, 0.29) is 5.97 Å². The summed E-state index contributed by atoms with van der Waals surface area (Å²) in [6.45, 7) is 1.42. The molecule has 0 N–H and O–H groups in total. The number of esters is 1. The Kier molecular flexibility index (Phi) is 5.24. The molecule has 28 heavy (non-hydrogen) atoms. The maximum Gasteiger partial charge on any atom is 0.339 e. The van der Waals surface area contributed by atoms with E-state index < -0.39 is 0 Å². The zero-order valence-electron chi connectivity index (χ0n) is 16.0. The van der Waals surface area contributed by atoms with Gasteiger partial charge in [0.05, 0.1) is 18.4 Å². The van der Waals surface area contributed by atoms with Crippen LogP contribution in [0.1, 0.15) is 32.6 Å². The fraction of sp³-hybridized carbons (Fsp3) is 0.160. The van der Waals surface area contributed by atoms with Crippen LogP contribution in [-0.2, 0) is 24.2 Å². The van der Waals surface area contributed by atoms with Crippen molar-refractivity contribution in [3.05, 3.63) is 107 Å². The summed E-state index contributed by atoms with van der Waals surface area (Å²) in [5.74, 6) is -0.296. The molecule has 1 aliphatic carbocycles. The fourth-order valence-corrected chi connectivity index (χ4v) is 3.66. The van der Waals surface area contributed by atoms with E-state index >= 15 is 0 Å². The molecule has 0 bridgehead atoms. The summed E-state index contributed by atoms with van der Waals surface area (Å²) in [6.07, 6.45) is 5.12. The quantitative estimate of drug-likeness (QED) is 0.556. The summed E-state index contributed by atoms with van der Waals surface area (Å²) in [5.41, 5.74) is 6.27. The van der Waals surface area contributed by atoms with E-state index in [0.29, 0.717) is 18.7 Å². The number of hydrogen-bond donors (Lipinski definition) is 0. The van der Waals surface area contributed by atoms with Crippen LogP contribution >= 0.6 is 0 Å². The lowest BCUT2D eigenvalue weighted by Crippen LogP contribution is -2.25. The molecule has 0 aliphatic heterocycles. The molecule has 0 saturated carbocycles. The summed E-state index contributed by atoms with van der Waals surface area (Å²) in [6, 6.07) is 24.8. The highest BCUT2D eigenvalue weighted by atomic mass is 16.5. The Labute approximate surface area is 165 Å². The minimum absolute atomic E-state index is 0.296. The van der Waals surface area contributed by atoms with Crippen molar-refractivity contribution in [2.45, 2.75) is 19.5 Å². The lowest BCUT2D eigenvalue weighted by Gasteiger charge is -2.28. The molecule has 140 valence electrons. The zero-order valence-corrected chi connectivity index (χ0v) is 16.0. The van der Waals surface area contributed by atoms with Gasteiger partial charge in [0.25, 0.3) is 0 Å². The first-order chi connectivity index (χ1) is 13.7. The highest BCUT2D eigenvalue weighted by molar-refractivity contribution is 5.97. The average Bonchev–Trinajstić information content (AvgIpc) is 3.21. The predicted molar refractivity (Wildman–Crippen MR) is 113 cm³/mol. The van der Waals surface area contributed by atoms with Gasteiger partial charge in [-0.05, 0) is 40.8 Å². The molecule has 4 rings (SSSR count). The maximum atomic E-state index is 12.6. The van der Waals surface area contributed by atoms with Gasteiger partial charge < -0.3 is 9.64 Å². The van der Waals surface area contributed by atoms with E-state index in [9.17, 15) is 4.79 Å². The molecule has 0 aromatic heterocycles. The molecular formula is C25H23NO2. The SMILES string of the molecule is COC(=O)c1cc2c(cc1N(Cc1ccccc1)Cc1ccccc1)C=CC2. The van der Waals surface area contributed by atoms with Gasteiger partial charge in [0.15, 0.2) is 0 Å². The van der Waals surface area contributed by atoms with Gasteiger partial charge in [-0.3, -0.25) is 0 Å². The number of carbonyl (C=O) groups excluding carboxylic acids is 1. The van der Waals surface area contributed by atoms with Crippen LogP contribution < -0.4 is 4.90 Å². The summed E-state index contributed by atoms with van der Waals surface area (Å²) < 4.78 is 5.10. The molecule has 0 amide bonds. The van der Waals surface area contributed by atoms with Gasteiger partial charge in [-0.2, -0.15) is 0 Å². The first-order valence-electron chi connectivity index (χ1n) is 9.49. The van der Waals surface area contributed by atoms with Crippen LogP contribution in [-0.4, -0.2) is 13.1 Å². The molecule has 0 radical (unpaired) electrons. The van der Waals surface area contributed by atoms with Crippen molar-refractivity contribution in [1.82, 2.24) is 0 Å². The van der Waals surface area contributed by atoms with Gasteiger partial charge in [0.2, 0.25) is 0 Å². The number of allylic oxidation sites excluding steroid dienone is 1. The summed E-state index contributed by atoms with van der Waals surface area (Å²) in [4.78, 5) is 14.8. The van der Waals surface area contributed by atoms with Crippen molar-refractivity contribution in [2.75, 3.05) is 12.0 Å². The third-order valence-corrected chi connectivity index (χ3v) is 5.07. The number of rotatable bonds is 6. The summed E-state index contributed by atoms with van der Waals surface area (Å²) >= 11 is 0. The maximum absolute atomic E-state index is 12.6. The number of benzene rings is 3. The number of nitrogens with zero attached hydrogens (tertiary/aromatic N) is 1. The zero-order chi connectivity index (χ0) is 19.3. The average molecular weight is 369 g/mol. The van der Waals surface area contributed by atoms with Crippen molar-refractivity contribution in [2.24, 2.45) is 0 Å². The summed E-state index contributed by atoms with van der Waals surface area (Å²) in [7, 11) is 1.44. The van der Waals surface area contributed by atoms with Crippen molar-refractivity contribution >= 4 is 17.7 Å². The van der Waals surface area contributed by atoms with Crippen LogP contribution in [0, 0.1) is 0 Å². The number of hydrogen-bond acceptors (Lipinski definition) is 3. The molecule has 3 aromatic carbocycles. The van der Waals surface area contributed by atoms with Crippen molar-refractivity contribution in [1.29, 1.82) is 0 Å². The number of methoxy groups -OCH3 is 1. The van der Waals surface area contributed by atoms with Gasteiger partial charge in [-0.1, -0.05) is 72.8 Å². The Morgan fingerprint density at radius 3 is 2.11 bits per heavy atom. The van der Waals surface area contributed by atoms with Crippen LogP contribution in [0.3, 0.4) is 0 Å². The number of fused-ring (bicyclic) bond motifs is 1. The number of ether oxygens (including phenoxy) is 1. The Hall–Kier alpha value is -3.33. The minimum atomic E-state index is -0.296. The van der Waals surface area contributed by atoms with E-state index in [2.05, 4.69) is 47.4 Å². The van der Waals surface area contributed by atoms with Gasteiger partial charge in [0.1, 0.15) is 0 Å². The van der Waals surface area contributed by atoms with Crippen LogP contribution in [0.15, 0.2) is 78.9 Å². The van der Waals surface area contributed by atoms with Crippen LogP contribution in [0.5, 0.6) is 0 Å². The van der Waals surface area contributed by atoms with Gasteiger partial charge in [0, 0.05) is 13.1 Å². The van der Waals surface area contributed by atoms with E-state index in [1.807, 2.05) is 42.5 Å². The second kappa shape index (κ2) is 8.13. The lowest BCUT2D eigenvalue weighted by molar-refractivity contribution is 0.0601. The summed E-state index contributed by atoms with van der Waals surface area (Å²) in [5, 5.41) is 0. The topological polar surface area (TPSA) is 29.5 Å². The third-order valence-electron chi connectivity index (χ3n) is 5.07. The molecule has 3 aromatic rings. The number of carbonyl (C=O) groups is 1. The molecule has 0 saturated heterocycles. The van der Waals surface area contributed by atoms with E-state index in [0.717, 1.165) is 12.1 Å². The fourth-order valence-electron chi connectivity index (χ4n) is 3.66. The lowest BCUT2D eigenvalue weighted by atomic mass is 10.0. The van der Waals surface area contributed by atoms with Crippen molar-refractivity contribution < 1.29 is 9.53 Å². The second-order valence-electron chi connectivity index (χ2n) is 6.99. The molecule has 0 unspecified atom stereocenters. The largest absolute Gasteiger partial charge is 0.465 e. The van der Waals surface area contributed by atoms with Gasteiger partial charge in [-0.25, -0.2) is 4.79 Å². The van der Waals surface area contributed by atoms with Crippen molar-refractivity contribution in [3.63, 3.8) is 0 Å². The monoisotopic (exact) mass is 369 g/mol. The Morgan fingerprint density at radius 1 is 0.929 bits per heavy atom.